The number of aryl methyl sites for hydroxylation is 2. The molecular formula is C23H24N4O2. The minimum absolute atomic E-state index is 0.159. The summed E-state index contributed by atoms with van der Waals surface area (Å²) in [4.78, 5) is 31.8. The maximum absolute atomic E-state index is 12.5. The second kappa shape index (κ2) is 8.31. The van der Waals surface area contributed by atoms with Gasteiger partial charge in [-0.25, -0.2) is 4.98 Å². The van der Waals surface area contributed by atoms with Crippen LogP contribution in [0.3, 0.4) is 0 Å². The van der Waals surface area contributed by atoms with Crippen LogP contribution in [0.25, 0.3) is 21.8 Å². The zero-order valence-corrected chi connectivity index (χ0v) is 16.4. The van der Waals surface area contributed by atoms with Gasteiger partial charge in [-0.05, 0) is 31.0 Å². The van der Waals surface area contributed by atoms with Gasteiger partial charge in [0.2, 0.25) is 0 Å². The van der Waals surface area contributed by atoms with Crippen molar-refractivity contribution in [3.05, 3.63) is 76.5 Å². The summed E-state index contributed by atoms with van der Waals surface area (Å²) in [6, 6.07) is 15.3. The Kier molecular flexibility index (Phi) is 5.42. The fourth-order valence-electron chi connectivity index (χ4n) is 3.70. The third-order valence-corrected chi connectivity index (χ3v) is 5.30. The van der Waals surface area contributed by atoms with Crippen LogP contribution < -0.4 is 10.9 Å². The maximum Gasteiger partial charge on any atom is 0.255 e. The lowest BCUT2D eigenvalue weighted by molar-refractivity contribution is 0.0954. The Balaban J connectivity index is 1.28. The molecule has 6 heteroatoms. The summed E-state index contributed by atoms with van der Waals surface area (Å²) >= 11 is 0. The first kappa shape index (κ1) is 18.9. The van der Waals surface area contributed by atoms with E-state index in [0.717, 1.165) is 42.5 Å². The van der Waals surface area contributed by atoms with E-state index < -0.39 is 0 Å². The summed E-state index contributed by atoms with van der Waals surface area (Å²) in [6.07, 6.45) is 5.34. The first-order valence-electron chi connectivity index (χ1n) is 9.94. The highest BCUT2D eigenvalue weighted by molar-refractivity contribution is 6.06. The van der Waals surface area contributed by atoms with Crippen molar-refractivity contribution in [1.82, 2.24) is 19.9 Å². The lowest BCUT2D eigenvalue weighted by Gasteiger charge is -2.08. The second-order valence-corrected chi connectivity index (χ2v) is 7.22. The van der Waals surface area contributed by atoms with Gasteiger partial charge in [-0.3, -0.25) is 9.59 Å². The molecule has 0 bridgehead atoms. The molecule has 2 aromatic carbocycles. The number of benzene rings is 2. The summed E-state index contributed by atoms with van der Waals surface area (Å²) in [6.45, 7) is 0.606. The van der Waals surface area contributed by atoms with E-state index in [0.29, 0.717) is 22.9 Å². The quantitative estimate of drug-likeness (QED) is 0.475. The van der Waals surface area contributed by atoms with Gasteiger partial charge in [0.05, 0.1) is 16.6 Å². The van der Waals surface area contributed by atoms with E-state index in [-0.39, 0.29) is 11.5 Å². The third-order valence-electron chi connectivity index (χ3n) is 5.30. The van der Waals surface area contributed by atoms with E-state index in [1.807, 2.05) is 24.3 Å². The van der Waals surface area contributed by atoms with Crippen LogP contribution in [-0.2, 0) is 13.5 Å². The summed E-state index contributed by atoms with van der Waals surface area (Å²) in [7, 11) is 2.05. The highest BCUT2D eigenvalue weighted by atomic mass is 16.1. The molecule has 6 nitrogen and oxygen atoms in total. The third kappa shape index (κ3) is 3.92. The number of carbonyl (C=O) groups is 1. The van der Waals surface area contributed by atoms with Crippen LogP contribution in [0.5, 0.6) is 0 Å². The second-order valence-electron chi connectivity index (χ2n) is 7.22. The van der Waals surface area contributed by atoms with E-state index in [4.69, 9.17) is 4.98 Å². The summed E-state index contributed by atoms with van der Waals surface area (Å²) in [5.74, 6) is 0.933. The van der Waals surface area contributed by atoms with Crippen LogP contribution in [0.15, 0.2) is 59.5 Å². The smallest absolute Gasteiger partial charge is 0.255 e. The standard InChI is InChI=1S/C23H24N4O2/c1-27-20-12-7-6-11-19(20)26-21(27)13-3-2-8-14-24-23(29)18-15-25-22(28)17-10-5-4-9-16(17)18/h4-7,9-12,15H,2-3,8,13-14H2,1H3,(H,24,29)(H,25,28). The largest absolute Gasteiger partial charge is 0.352 e. The van der Waals surface area contributed by atoms with Gasteiger partial charge in [-0.15, -0.1) is 0 Å². The molecule has 148 valence electrons. The molecule has 0 spiro atoms. The number of nitrogens with zero attached hydrogens (tertiary/aromatic N) is 2. The zero-order valence-electron chi connectivity index (χ0n) is 16.4. The molecule has 0 aliphatic heterocycles. The van der Waals surface area contributed by atoms with E-state index >= 15 is 0 Å². The van der Waals surface area contributed by atoms with Crippen molar-refractivity contribution in [3.8, 4) is 0 Å². The summed E-state index contributed by atoms with van der Waals surface area (Å²) in [5.41, 5.74) is 2.51. The molecule has 0 aliphatic rings. The molecule has 2 N–H and O–H groups in total. The molecule has 0 saturated heterocycles. The van der Waals surface area contributed by atoms with Crippen LogP contribution in [0.1, 0.15) is 35.4 Å². The molecule has 0 fully saturated rings. The number of pyridine rings is 1. The van der Waals surface area contributed by atoms with Gasteiger partial charge < -0.3 is 14.9 Å². The number of aromatic amines is 1. The van der Waals surface area contributed by atoms with Crippen LogP contribution in [0.4, 0.5) is 0 Å². The van der Waals surface area contributed by atoms with E-state index in [1.54, 1.807) is 18.2 Å². The Morgan fingerprint density at radius 3 is 2.62 bits per heavy atom. The van der Waals surface area contributed by atoms with Crippen LogP contribution >= 0.6 is 0 Å². The number of para-hydroxylation sites is 2. The number of aromatic nitrogens is 3. The highest BCUT2D eigenvalue weighted by Crippen LogP contribution is 2.16. The van der Waals surface area contributed by atoms with Gasteiger partial charge in [-0.1, -0.05) is 36.8 Å². The van der Waals surface area contributed by atoms with E-state index in [9.17, 15) is 9.59 Å². The van der Waals surface area contributed by atoms with Gasteiger partial charge in [-0.2, -0.15) is 0 Å². The van der Waals surface area contributed by atoms with Gasteiger partial charge >= 0.3 is 0 Å². The fraction of sp³-hybridized carbons (Fsp3) is 0.261. The van der Waals surface area contributed by atoms with E-state index in [1.165, 1.54) is 6.20 Å². The first-order chi connectivity index (χ1) is 14.1. The van der Waals surface area contributed by atoms with Crippen molar-refractivity contribution in [2.75, 3.05) is 6.54 Å². The number of nitrogens with one attached hydrogen (secondary N) is 2. The monoisotopic (exact) mass is 388 g/mol. The van der Waals surface area contributed by atoms with Crippen molar-refractivity contribution >= 4 is 27.7 Å². The number of hydrogen-bond acceptors (Lipinski definition) is 3. The number of unbranched alkanes of at least 4 members (excludes halogenated alkanes) is 2. The molecule has 1 amide bonds. The van der Waals surface area contributed by atoms with Crippen LogP contribution in [-0.4, -0.2) is 27.0 Å². The van der Waals surface area contributed by atoms with Gasteiger partial charge in [0.15, 0.2) is 0 Å². The predicted molar refractivity (Wildman–Crippen MR) is 115 cm³/mol. The lowest BCUT2D eigenvalue weighted by Crippen LogP contribution is -2.25. The molecule has 2 aromatic heterocycles. The summed E-state index contributed by atoms with van der Waals surface area (Å²) in [5, 5.41) is 4.17. The summed E-state index contributed by atoms with van der Waals surface area (Å²) < 4.78 is 2.15. The molecule has 0 saturated carbocycles. The first-order valence-corrected chi connectivity index (χ1v) is 9.94. The van der Waals surface area contributed by atoms with Crippen molar-refractivity contribution in [2.24, 2.45) is 7.05 Å². The molecule has 0 aliphatic carbocycles. The predicted octanol–water partition coefficient (Wildman–Crippen LogP) is 3.56. The Hall–Kier alpha value is -3.41. The Labute approximate surface area is 168 Å². The number of H-pyrrole nitrogens is 1. The van der Waals surface area contributed by atoms with Crippen LogP contribution in [0, 0.1) is 0 Å². The van der Waals surface area contributed by atoms with Crippen LogP contribution in [0.2, 0.25) is 0 Å². The molecule has 4 aromatic rings. The Bertz CT molecular complexity index is 1220. The van der Waals surface area contributed by atoms with Crippen molar-refractivity contribution in [3.63, 3.8) is 0 Å². The minimum Gasteiger partial charge on any atom is -0.352 e. The van der Waals surface area contributed by atoms with E-state index in [2.05, 4.69) is 28.0 Å². The SMILES string of the molecule is Cn1c(CCCCCNC(=O)c2c[nH]c(=O)c3ccccc23)nc2ccccc21. The highest BCUT2D eigenvalue weighted by Gasteiger charge is 2.11. The molecule has 0 unspecified atom stereocenters. The fourth-order valence-corrected chi connectivity index (χ4v) is 3.70. The molecule has 4 rings (SSSR count). The van der Waals surface area contributed by atoms with Gasteiger partial charge in [0, 0.05) is 37.0 Å². The zero-order chi connectivity index (χ0) is 20.2. The molecular weight excluding hydrogens is 364 g/mol. The molecule has 29 heavy (non-hydrogen) atoms. The Morgan fingerprint density at radius 2 is 1.79 bits per heavy atom. The number of amides is 1. The van der Waals surface area contributed by atoms with Gasteiger partial charge in [0.25, 0.3) is 11.5 Å². The molecule has 0 radical (unpaired) electrons. The minimum atomic E-state index is -0.181. The number of carbonyl (C=O) groups excluding carboxylic acids is 1. The number of rotatable bonds is 7. The van der Waals surface area contributed by atoms with Crippen molar-refractivity contribution < 1.29 is 4.79 Å². The maximum atomic E-state index is 12.5. The lowest BCUT2D eigenvalue weighted by atomic mass is 10.1. The number of fused-ring (bicyclic) bond motifs is 2. The normalized spacial score (nSPS) is 11.2. The van der Waals surface area contributed by atoms with Gasteiger partial charge in [0.1, 0.15) is 5.82 Å². The Morgan fingerprint density at radius 1 is 1.03 bits per heavy atom. The molecule has 0 atom stereocenters. The average Bonchev–Trinajstić information content (AvgIpc) is 3.07. The molecule has 2 heterocycles. The van der Waals surface area contributed by atoms with Crippen molar-refractivity contribution in [2.45, 2.75) is 25.7 Å². The van der Waals surface area contributed by atoms with Crippen molar-refractivity contribution in [1.29, 1.82) is 0 Å². The number of hydrogen-bond donors (Lipinski definition) is 2. The average molecular weight is 388 g/mol. The number of imidazole rings is 1. The topological polar surface area (TPSA) is 79.8 Å².